The first kappa shape index (κ1) is 12.4. The number of unbranched alkanes of at least 4 members (excludes halogenated alkanes) is 1. The molecular weight excluding hydrogens is 202 g/mol. The standard InChI is InChI=1S/C13H21NS/c1-3-4-10-15-11-9-14-13-7-5-12(2)6-8-13/h5-8,14H,3-4,9-11H2,1-2H3. The quantitative estimate of drug-likeness (QED) is 0.703. The van der Waals surface area contributed by atoms with Gasteiger partial charge in [-0.2, -0.15) is 11.8 Å². The summed E-state index contributed by atoms with van der Waals surface area (Å²) in [5.74, 6) is 2.50. The van der Waals surface area contributed by atoms with Gasteiger partial charge in [-0.25, -0.2) is 0 Å². The van der Waals surface area contributed by atoms with Crippen LogP contribution in [0.3, 0.4) is 0 Å². The van der Waals surface area contributed by atoms with E-state index in [0.29, 0.717) is 0 Å². The summed E-state index contributed by atoms with van der Waals surface area (Å²) in [6.07, 6.45) is 2.65. The van der Waals surface area contributed by atoms with E-state index in [1.54, 1.807) is 0 Å². The number of hydrogen-bond donors (Lipinski definition) is 1. The van der Waals surface area contributed by atoms with Crippen LogP contribution >= 0.6 is 11.8 Å². The summed E-state index contributed by atoms with van der Waals surface area (Å²) in [6.45, 7) is 5.42. The number of hydrogen-bond acceptors (Lipinski definition) is 2. The van der Waals surface area contributed by atoms with Crippen molar-refractivity contribution >= 4 is 17.4 Å². The number of thioether (sulfide) groups is 1. The lowest BCUT2D eigenvalue weighted by atomic mass is 10.2. The van der Waals surface area contributed by atoms with Gasteiger partial charge in [-0.3, -0.25) is 0 Å². The summed E-state index contributed by atoms with van der Waals surface area (Å²) < 4.78 is 0. The Morgan fingerprint density at radius 1 is 1.13 bits per heavy atom. The van der Waals surface area contributed by atoms with Crippen molar-refractivity contribution < 1.29 is 0 Å². The second kappa shape index (κ2) is 7.63. The second-order valence-corrected chi connectivity index (χ2v) is 4.98. The Bertz CT molecular complexity index is 256. The number of aryl methyl sites for hydroxylation is 1. The zero-order chi connectivity index (χ0) is 10.9. The Morgan fingerprint density at radius 3 is 2.53 bits per heavy atom. The van der Waals surface area contributed by atoms with Gasteiger partial charge >= 0.3 is 0 Å². The number of benzene rings is 1. The van der Waals surface area contributed by atoms with Crippen molar-refractivity contribution in [2.24, 2.45) is 0 Å². The summed E-state index contributed by atoms with van der Waals surface area (Å²) >= 11 is 2.04. The third kappa shape index (κ3) is 5.73. The van der Waals surface area contributed by atoms with Gasteiger partial charge in [-0.15, -0.1) is 0 Å². The molecule has 0 amide bonds. The van der Waals surface area contributed by atoms with Crippen LogP contribution in [0.1, 0.15) is 25.3 Å². The van der Waals surface area contributed by atoms with Gasteiger partial charge in [0.25, 0.3) is 0 Å². The van der Waals surface area contributed by atoms with Gasteiger partial charge in [0.15, 0.2) is 0 Å². The van der Waals surface area contributed by atoms with Crippen molar-refractivity contribution in [3.05, 3.63) is 29.8 Å². The van der Waals surface area contributed by atoms with Crippen molar-refractivity contribution in [2.45, 2.75) is 26.7 Å². The van der Waals surface area contributed by atoms with E-state index >= 15 is 0 Å². The molecule has 0 fully saturated rings. The lowest BCUT2D eigenvalue weighted by molar-refractivity contribution is 0.896. The highest BCUT2D eigenvalue weighted by atomic mass is 32.2. The molecule has 15 heavy (non-hydrogen) atoms. The molecule has 0 saturated heterocycles. The van der Waals surface area contributed by atoms with Gasteiger partial charge in [0.05, 0.1) is 0 Å². The first-order valence-electron chi connectivity index (χ1n) is 5.71. The largest absolute Gasteiger partial charge is 0.384 e. The maximum absolute atomic E-state index is 3.43. The van der Waals surface area contributed by atoms with Crippen LogP contribution < -0.4 is 5.32 Å². The van der Waals surface area contributed by atoms with E-state index in [2.05, 4.69) is 43.4 Å². The van der Waals surface area contributed by atoms with E-state index in [9.17, 15) is 0 Å². The molecule has 0 unspecified atom stereocenters. The summed E-state index contributed by atoms with van der Waals surface area (Å²) in [7, 11) is 0. The predicted octanol–water partition coefficient (Wildman–Crippen LogP) is 3.94. The van der Waals surface area contributed by atoms with Gasteiger partial charge in [-0.1, -0.05) is 31.0 Å². The molecule has 1 aromatic carbocycles. The maximum Gasteiger partial charge on any atom is 0.0340 e. The van der Waals surface area contributed by atoms with Crippen molar-refractivity contribution in [3.8, 4) is 0 Å². The molecule has 0 radical (unpaired) electrons. The number of rotatable bonds is 7. The summed E-state index contributed by atoms with van der Waals surface area (Å²) in [6, 6.07) is 8.58. The second-order valence-electron chi connectivity index (χ2n) is 3.76. The monoisotopic (exact) mass is 223 g/mol. The molecule has 1 rings (SSSR count). The first-order chi connectivity index (χ1) is 7.33. The molecule has 0 aromatic heterocycles. The lowest BCUT2D eigenvalue weighted by Crippen LogP contribution is -2.04. The lowest BCUT2D eigenvalue weighted by Gasteiger charge is -2.06. The first-order valence-corrected chi connectivity index (χ1v) is 6.86. The van der Waals surface area contributed by atoms with E-state index in [1.165, 1.54) is 35.6 Å². The molecule has 0 saturated carbocycles. The minimum atomic E-state index is 1.07. The normalized spacial score (nSPS) is 10.3. The highest BCUT2D eigenvalue weighted by Crippen LogP contribution is 2.09. The molecule has 0 aliphatic rings. The molecule has 0 aliphatic heterocycles. The zero-order valence-corrected chi connectivity index (χ0v) is 10.6. The van der Waals surface area contributed by atoms with Crippen LogP contribution in [0.4, 0.5) is 5.69 Å². The Morgan fingerprint density at radius 2 is 1.87 bits per heavy atom. The molecule has 1 nitrogen and oxygen atoms in total. The fourth-order valence-corrected chi connectivity index (χ4v) is 2.23. The topological polar surface area (TPSA) is 12.0 Å². The van der Waals surface area contributed by atoms with Crippen LogP contribution in [0.2, 0.25) is 0 Å². The van der Waals surface area contributed by atoms with Crippen LogP contribution in [-0.2, 0) is 0 Å². The Balaban J connectivity index is 2.07. The van der Waals surface area contributed by atoms with E-state index in [4.69, 9.17) is 0 Å². The minimum absolute atomic E-state index is 1.07. The molecule has 0 atom stereocenters. The van der Waals surface area contributed by atoms with Crippen molar-refractivity contribution in [1.82, 2.24) is 0 Å². The number of anilines is 1. The SMILES string of the molecule is CCCCSCCNc1ccc(C)cc1. The third-order valence-electron chi connectivity index (χ3n) is 2.27. The van der Waals surface area contributed by atoms with Crippen LogP contribution in [0.5, 0.6) is 0 Å². The van der Waals surface area contributed by atoms with E-state index < -0.39 is 0 Å². The highest BCUT2D eigenvalue weighted by molar-refractivity contribution is 7.99. The van der Waals surface area contributed by atoms with Crippen molar-refractivity contribution in [2.75, 3.05) is 23.4 Å². The smallest absolute Gasteiger partial charge is 0.0340 e. The summed E-state index contributed by atoms with van der Waals surface area (Å²) in [5, 5.41) is 3.43. The molecular formula is C13H21NS. The van der Waals surface area contributed by atoms with Gasteiger partial charge in [0.1, 0.15) is 0 Å². The van der Waals surface area contributed by atoms with Gasteiger partial charge in [-0.05, 0) is 31.2 Å². The van der Waals surface area contributed by atoms with Crippen molar-refractivity contribution in [1.29, 1.82) is 0 Å². The third-order valence-corrected chi connectivity index (χ3v) is 3.34. The average molecular weight is 223 g/mol. The van der Waals surface area contributed by atoms with Crippen LogP contribution in [0.15, 0.2) is 24.3 Å². The zero-order valence-electron chi connectivity index (χ0n) is 9.75. The average Bonchev–Trinajstić information content (AvgIpc) is 2.26. The van der Waals surface area contributed by atoms with Gasteiger partial charge in [0, 0.05) is 18.0 Å². The fourth-order valence-electron chi connectivity index (χ4n) is 1.29. The summed E-state index contributed by atoms with van der Waals surface area (Å²) in [5.41, 5.74) is 2.55. The van der Waals surface area contributed by atoms with Crippen molar-refractivity contribution in [3.63, 3.8) is 0 Å². The molecule has 0 spiro atoms. The minimum Gasteiger partial charge on any atom is -0.384 e. The Kier molecular flexibility index (Phi) is 6.33. The maximum atomic E-state index is 3.43. The molecule has 2 heteroatoms. The Labute approximate surface area is 97.7 Å². The van der Waals surface area contributed by atoms with E-state index in [1.807, 2.05) is 11.8 Å². The molecule has 84 valence electrons. The highest BCUT2D eigenvalue weighted by Gasteiger charge is 1.91. The van der Waals surface area contributed by atoms with E-state index in [0.717, 1.165) is 6.54 Å². The Hall–Kier alpha value is -0.630. The van der Waals surface area contributed by atoms with Crippen LogP contribution in [0.25, 0.3) is 0 Å². The van der Waals surface area contributed by atoms with Gasteiger partial charge < -0.3 is 5.32 Å². The van der Waals surface area contributed by atoms with E-state index in [-0.39, 0.29) is 0 Å². The molecule has 0 bridgehead atoms. The van der Waals surface area contributed by atoms with Gasteiger partial charge in [0.2, 0.25) is 0 Å². The molecule has 0 heterocycles. The number of nitrogens with one attached hydrogen (secondary N) is 1. The fraction of sp³-hybridized carbons (Fsp3) is 0.538. The molecule has 0 aliphatic carbocycles. The molecule has 1 aromatic rings. The summed E-state index contributed by atoms with van der Waals surface area (Å²) in [4.78, 5) is 0. The van der Waals surface area contributed by atoms with Crippen LogP contribution in [-0.4, -0.2) is 18.1 Å². The van der Waals surface area contributed by atoms with Crippen LogP contribution in [0, 0.1) is 6.92 Å². The predicted molar refractivity (Wildman–Crippen MR) is 71.9 cm³/mol. The molecule has 1 N–H and O–H groups in total.